The van der Waals surface area contributed by atoms with Gasteiger partial charge in [0.05, 0.1) is 6.61 Å². The van der Waals surface area contributed by atoms with E-state index >= 15 is 0 Å². The van der Waals surface area contributed by atoms with Gasteiger partial charge in [0.25, 0.3) is 0 Å². The fraction of sp³-hybridized carbons (Fsp3) is 0.571. The van der Waals surface area contributed by atoms with E-state index in [1.54, 1.807) is 0 Å². The molecule has 1 saturated heterocycles. The molecule has 1 N–H and O–H groups in total. The minimum atomic E-state index is 0.227. The van der Waals surface area contributed by atoms with Crippen LogP contribution < -0.4 is 5.32 Å². The lowest BCUT2D eigenvalue weighted by Gasteiger charge is -2.33. The maximum Gasteiger partial charge on any atom is 0.0591 e. The van der Waals surface area contributed by atoms with Crippen molar-refractivity contribution in [3.8, 4) is 0 Å². The zero-order chi connectivity index (χ0) is 11.3. The van der Waals surface area contributed by atoms with Gasteiger partial charge in [0.2, 0.25) is 0 Å². The molecule has 2 rings (SSSR count). The molecule has 0 aliphatic carbocycles. The lowest BCUT2D eigenvalue weighted by atomic mass is 9.88. The Labute approximate surface area is 98.0 Å². The van der Waals surface area contributed by atoms with Gasteiger partial charge in [-0.25, -0.2) is 0 Å². The Morgan fingerprint density at radius 1 is 1.25 bits per heavy atom. The Bertz CT molecular complexity index is 302. The minimum Gasteiger partial charge on any atom is -0.380 e. The predicted octanol–water partition coefficient (Wildman–Crippen LogP) is 2.39. The van der Waals surface area contributed by atoms with Crippen LogP contribution in [0.2, 0.25) is 0 Å². The fourth-order valence-electron chi connectivity index (χ4n) is 2.38. The molecule has 16 heavy (non-hydrogen) atoms. The highest BCUT2D eigenvalue weighted by Gasteiger charge is 2.24. The summed E-state index contributed by atoms with van der Waals surface area (Å²) in [7, 11) is 0. The number of hydrogen-bond acceptors (Lipinski definition) is 2. The first-order valence-electron chi connectivity index (χ1n) is 6.15. The molecule has 1 aliphatic rings. The van der Waals surface area contributed by atoms with E-state index in [9.17, 15) is 0 Å². The average Bonchev–Trinajstić information content (AvgIpc) is 2.26. The standard InChI is InChI=1S/C14H21NO/c1-14(8-5-10-16-11-9-15-14)12-13-6-3-2-4-7-13/h2-4,6-7,15H,5,8-12H2,1H3. The lowest BCUT2D eigenvalue weighted by molar-refractivity contribution is 0.0992. The molecule has 2 nitrogen and oxygen atoms in total. The molecule has 1 heterocycles. The highest BCUT2D eigenvalue weighted by atomic mass is 16.5. The number of ether oxygens (including phenoxy) is 1. The van der Waals surface area contributed by atoms with Gasteiger partial charge in [-0.1, -0.05) is 30.3 Å². The van der Waals surface area contributed by atoms with Crippen LogP contribution in [0, 0.1) is 0 Å². The molecule has 0 amide bonds. The summed E-state index contributed by atoms with van der Waals surface area (Å²) in [5.74, 6) is 0. The second kappa shape index (κ2) is 5.46. The molecule has 1 aromatic rings. The molecule has 2 heteroatoms. The van der Waals surface area contributed by atoms with Crippen LogP contribution >= 0.6 is 0 Å². The Morgan fingerprint density at radius 3 is 2.88 bits per heavy atom. The highest BCUT2D eigenvalue weighted by Crippen LogP contribution is 2.19. The van der Waals surface area contributed by atoms with Crippen molar-refractivity contribution in [1.82, 2.24) is 5.32 Å². The third-order valence-electron chi connectivity index (χ3n) is 3.25. The first-order chi connectivity index (χ1) is 7.79. The number of nitrogens with one attached hydrogen (secondary N) is 1. The van der Waals surface area contributed by atoms with Crippen molar-refractivity contribution < 1.29 is 4.74 Å². The van der Waals surface area contributed by atoms with E-state index in [-0.39, 0.29) is 5.54 Å². The molecule has 88 valence electrons. The van der Waals surface area contributed by atoms with Crippen molar-refractivity contribution in [3.05, 3.63) is 35.9 Å². The van der Waals surface area contributed by atoms with Crippen LogP contribution in [0.15, 0.2) is 30.3 Å². The van der Waals surface area contributed by atoms with Crippen molar-refractivity contribution in [1.29, 1.82) is 0 Å². The quantitative estimate of drug-likeness (QED) is 0.824. The van der Waals surface area contributed by atoms with Crippen LogP contribution in [-0.2, 0) is 11.2 Å². The third-order valence-corrected chi connectivity index (χ3v) is 3.25. The SMILES string of the molecule is CC1(Cc2ccccc2)CCCOCCN1. The van der Waals surface area contributed by atoms with Crippen LogP contribution in [-0.4, -0.2) is 25.3 Å². The fourth-order valence-corrected chi connectivity index (χ4v) is 2.38. The van der Waals surface area contributed by atoms with Crippen molar-refractivity contribution in [2.24, 2.45) is 0 Å². The number of benzene rings is 1. The van der Waals surface area contributed by atoms with Crippen LogP contribution in [0.4, 0.5) is 0 Å². The summed E-state index contributed by atoms with van der Waals surface area (Å²) in [5, 5.41) is 3.62. The van der Waals surface area contributed by atoms with Gasteiger partial charge in [0, 0.05) is 18.7 Å². The zero-order valence-electron chi connectivity index (χ0n) is 10.0. The molecule has 0 radical (unpaired) electrons. The normalized spacial score (nSPS) is 27.1. The number of rotatable bonds is 2. The van der Waals surface area contributed by atoms with Crippen molar-refractivity contribution >= 4 is 0 Å². The second-order valence-corrected chi connectivity index (χ2v) is 4.87. The topological polar surface area (TPSA) is 21.3 Å². The van der Waals surface area contributed by atoms with Crippen molar-refractivity contribution in [2.45, 2.75) is 31.7 Å². The summed E-state index contributed by atoms with van der Waals surface area (Å²) < 4.78 is 5.46. The van der Waals surface area contributed by atoms with Gasteiger partial charge in [0.15, 0.2) is 0 Å². The van der Waals surface area contributed by atoms with Gasteiger partial charge >= 0.3 is 0 Å². The minimum absolute atomic E-state index is 0.227. The van der Waals surface area contributed by atoms with Crippen LogP contribution in [0.25, 0.3) is 0 Å². The van der Waals surface area contributed by atoms with Gasteiger partial charge in [-0.2, -0.15) is 0 Å². The Kier molecular flexibility index (Phi) is 3.97. The maximum atomic E-state index is 5.46. The maximum absolute atomic E-state index is 5.46. The predicted molar refractivity (Wildman–Crippen MR) is 66.6 cm³/mol. The Balaban J connectivity index is 1.99. The van der Waals surface area contributed by atoms with Gasteiger partial charge in [-0.3, -0.25) is 0 Å². The lowest BCUT2D eigenvalue weighted by Crippen LogP contribution is -2.47. The van der Waals surface area contributed by atoms with Gasteiger partial charge in [0.1, 0.15) is 0 Å². The molecule has 0 aromatic heterocycles. The molecule has 0 bridgehead atoms. The molecular formula is C14H21NO. The largest absolute Gasteiger partial charge is 0.380 e. The second-order valence-electron chi connectivity index (χ2n) is 4.87. The molecule has 1 aromatic carbocycles. The summed E-state index contributed by atoms with van der Waals surface area (Å²) in [6, 6.07) is 10.7. The molecule has 1 unspecified atom stereocenters. The van der Waals surface area contributed by atoms with E-state index in [0.717, 1.165) is 32.6 Å². The third kappa shape index (κ3) is 3.32. The van der Waals surface area contributed by atoms with Crippen molar-refractivity contribution in [2.75, 3.05) is 19.8 Å². The molecule has 0 saturated carbocycles. The first kappa shape index (κ1) is 11.6. The monoisotopic (exact) mass is 219 g/mol. The summed E-state index contributed by atoms with van der Waals surface area (Å²) in [4.78, 5) is 0. The Hall–Kier alpha value is -0.860. The average molecular weight is 219 g/mol. The zero-order valence-corrected chi connectivity index (χ0v) is 10.0. The highest BCUT2D eigenvalue weighted by molar-refractivity contribution is 5.17. The van der Waals surface area contributed by atoms with Crippen LogP contribution in [0.5, 0.6) is 0 Å². The molecule has 0 spiro atoms. The molecular weight excluding hydrogens is 198 g/mol. The Morgan fingerprint density at radius 2 is 2.06 bits per heavy atom. The van der Waals surface area contributed by atoms with Gasteiger partial charge in [-0.15, -0.1) is 0 Å². The summed E-state index contributed by atoms with van der Waals surface area (Å²) in [6.45, 7) is 5.03. The van der Waals surface area contributed by atoms with Crippen molar-refractivity contribution in [3.63, 3.8) is 0 Å². The van der Waals surface area contributed by atoms with E-state index in [1.807, 2.05) is 0 Å². The number of hydrogen-bond donors (Lipinski definition) is 1. The van der Waals surface area contributed by atoms with Crippen LogP contribution in [0.3, 0.4) is 0 Å². The van der Waals surface area contributed by atoms with E-state index in [0.29, 0.717) is 0 Å². The molecule has 1 fully saturated rings. The summed E-state index contributed by atoms with van der Waals surface area (Å²) in [6.07, 6.45) is 3.44. The van der Waals surface area contributed by atoms with E-state index in [1.165, 1.54) is 12.0 Å². The smallest absolute Gasteiger partial charge is 0.0591 e. The summed E-state index contributed by atoms with van der Waals surface area (Å²) >= 11 is 0. The van der Waals surface area contributed by atoms with E-state index < -0.39 is 0 Å². The molecule has 1 aliphatic heterocycles. The summed E-state index contributed by atoms with van der Waals surface area (Å²) in [5.41, 5.74) is 1.64. The first-order valence-corrected chi connectivity index (χ1v) is 6.15. The van der Waals surface area contributed by atoms with E-state index in [2.05, 4.69) is 42.6 Å². The van der Waals surface area contributed by atoms with Crippen LogP contribution in [0.1, 0.15) is 25.3 Å². The van der Waals surface area contributed by atoms with E-state index in [4.69, 9.17) is 4.74 Å². The molecule has 1 atom stereocenters. The van der Waals surface area contributed by atoms with Gasteiger partial charge < -0.3 is 10.1 Å². The van der Waals surface area contributed by atoms with Gasteiger partial charge in [-0.05, 0) is 31.7 Å².